The van der Waals surface area contributed by atoms with Gasteiger partial charge in [0.1, 0.15) is 0 Å². The van der Waals surface area contributed by atoms with Crippen molar-refractivity contribution in [2.24, 2.45) is 5.92 Å². The van der Waals surface area contributed by atoms with Gasteiger partial charge in [-0.05, 0) is 19.3 Å². The number of nitrogens with one attached hydrogen (secondary N) is 1. The summed E-state index contributed by atoms with van der Waals surface area (Å²) in [5.41, 5.74) is 0. The Bertz CT molecular complexity index is 285. The predicted molar refractivity (Wildman–Crippen MR) is 67.1 cm³/mol. The smallest absolute Gasteiger partial charge is 0.328 e. The summed E-state index contributed by atoms with van der Waals surface area (Å²) in [6.45, 7) is 1.36. The lowest BCUT2D eigenvalue weighted by Gasteiger charge is -2.22. The van der Waals surface area contributed by atoms with Crippen LogP contribution >= 0.6 is 0 Å². The van der Waals surface area contributed by atoms with Gasteiger partial charge in [0.2, 0.25) is 5.91 Å². The van der Waals surface area contributed by atoms with Crippen LogP contribution in [-0.4, -0.2) is 34.2 Å². The standard InChI is InChI=1S/C13H23NO4/c1-9(15)12(13(17)18)14-11(16)8-7-10-5-3-2-4-6-10/h9-10,12,15H,2-8H2,1H3,(H,14,16)(H,17,18). The summed E-state index contributed by atoms with van der Waals surface area (Å²) >= 11 is 0. The third-order valence-electron chi connectivity index (χ3n) is 3.57. The van der Waals surface area contributed by atoms with E-state index in [1.807, 2.05) is 0 Å². The van der Waals surface area contributed by atoms with Gasteiger partial charge in [0.15, 0.2) is 6.04 Å². The number of carboxylic acids is 1. The SMILES string of the molecule is CC(O)C(NC(=O)CCC1CCCCC1)C(=O)O. The summed E-state index contributed by atoms with van der Waals surface area (Å²) in [6.07, 6.45) is 6.18. The van der Waals surface area contributed by atoms with Crippen molar-refractivity contribution in [3.63, 3.8) is 0 Å². The number of carboxylic acid groups (broad SMARTS) is 1. The van der Waals surface area contributed by atoms with Gasteiger partial charge in [-0.15, -0.1) is 0 Å². The van der Waals surface area contributed by atoms with Crippen molar-refractivity contribution in [2.75, 3.05) is 0 Å². The normalized spacial score (nSPS) is 20.1. The summed E-state index contributed by atoms with van der Waals surface area (Å²) in [5.74, 6) is -0.885. The molecule has 0 saturated heterocycles. The number of carbonyl (C=O) groups is 2. The van der Waals surface area contributed by atoms with E-state index in [0.29, 0.717) is 12.3 Å². The Morgan fingerprint density at radius 1 is 1.28 bits per heavy atom. The number of carbonyl (C=O) groups excluding carboxylic acids is 1. The van der Waals surface area contributed by atoms with Gasteiger partial charge in [-0.2, -0.15) is 0 Å². The second kappa shape index (κ2) is 7.36. The minimum Gasteiger partial charge on any atom is -0.480 e. The predicted octanol–water partition coefficient (Wildman–Crippen LogP) is 1.30. The van der Waals surface area contributed by atoms with Crippen molar-refractivity contribution in [1.82, 2.24) is 5.32 Å². The molecule has 0 aliphatic heterocycles. The molecule has 1 saturated carbocycles. The van der Waals surface area contributed by atoms with E-state index in [1.54, 1.807) is 0 Å². The fraction of sp³-hybridized carbons (Fsp3) is 0.846. The highest BCUT2D eigenvalue weighted by Gasteiger charge is 2.25. The molecule has 5 heteroatoms. The Balaban J connectivity index is 2.29. The molecule has 0 spiro atoms. The fourth-order valence-electron chi connectivity index (χ4n) is 2.45. The van der Waals surface area contributed by atoms with Gasteiger partial charge in [-0.1, -0.05) is 32.1 Å². The first kappa shape index (κ1) is 15.0. The Morgan fingerprint density at radius 3 is 2.39 bits per heavy atom. The molecule has 1 amide bonds. The first-order valence-electron chi connectivity index (χ1n) is 6.71. The van der Waals surface area contributed by atoms with E-state index in [2.05, 4.69) is 5.32 Å². The van der Waals surface area contributed by atoms with Gasteiger partial charge in [0.05, 0.1) is 6.10 Å². The van der Waals surface area contributed by atoms with E-state index in [0.717, 1.165) is 6.42 Å². The summed E-state index contributed by atoms with van der Waals surface area (Å²) in [6, 6.07) is -1.20. The van der Waals surface area contributed by atoms with Crippen molar-refractivity contribution in [2.45, 2.75) is 64.0 Å². The van der Waals surface area contributed by atoms with E-state index >= 15 is 0 Å². The zero-order valence-electron chi connectivity index (χ0n) is 10.9. The van der Waals surface area contributed by atoms with Crippen LogP contribution in [0.15, 0.2) is 0 Å². The second-order valence-corrected chi connectivity index (χ2v) is 5.17. The highest BCUT2D eigenvalue weighted by molar-refractivity contribution is 5.83. The molecule has 3 N–H and O–H groups in total. The first-order valence-corrected chi connectivity index (χ1v) is 6.71. The molecule has 0 aromatic heterocycles. The lowest BCUT2D eigenvalue weighted by molar-refractivity contribution is -0.144. The molecular weight excluding hydrogens is 234 g/mol. The molecule has 1 aliphatic carbocycles. The van der Waals surface area contributed by atoms with Gasteiger partial charge in [0, 0.05) is 6.42 Å². The van der Waals surface area contributed by atoms with Crippen LogP contribution in [0.3, 0.4) is 0 Å². The molecule has 0 radical (unpaired) electrons. The van der Waals surface area contributed by atoms with Crippen LogP contribution in [0.2, 0.25) is 0 Å². The molecule has 0 aromatic carbocycles. The maximum atomic E-state index is 11.6. The van der Waals surface area contributed by atoms with Crippen LogP contribution in [0.25, 0.3) is 0 Å². The Kier molecular flexibility index (Phi) is 6.12. The number of amides is 1. The van der Waals surface area contributed by atoms with Crippen molar-refractivity contribution < 1.29 is 19.8 Å². The van der Waals surface area contributed by atoms with Crippen LogP contribution in [0.1, 0.15) is 51.9 Å². The number of rotatable bonds is 6. The van der Waals surface area contributed by atoms with Crippen molar-refractivity contribution in [3.05, 3.63) is 0 Å². The molecule has 2 atom stereocenters. The van der Waals surface area contributed by atoms with E-state index < -0.39 is 18.1 Å². The number of aliphatic hydroxyl groups is 1. The van der Waals surface area contributed by atoms with Gasteiger partial charge >= 0.3 is 5.97 Å². The maximum Gasteiger partial charge on any atom is 0.328 e. The molecule has 2 unspecified atom stereocenters. The summed E-state index contributed by atoms with van der Waals surface area (Å²) in [7, 11) is 0. The Hall–Kier alpha value is -1.10. The summed E-state index contributed by atoms with van der Waals surface area (Å²) in [5, 5.41) is 20.5. The maximum absolute atomic E-state index is 11.6. The van der Waals surface area contributed by atoms with Crippen LogP contribution in [0, 0.1) is 5.92 Å². The first-order chi connectivity index (χ1) is 8.50. The quantitative estimate of drug-likeness (QED) is 0.669. The van der Waals surface area contributed by atoms with Crippen molar-refractivity contribution in [1.29, 1.82) is 0 Å². The molecule has 1 rings (SSSR count). The molecule has 0 aromatic rings. The molecule has 1 fully saturated rings. The van der Waals surface area contributed by atoms with Crippen LogP contribution in [-0.2, 0) is 9.59 Å². The van der Waals surface area contributed by atoms with E-state index in [-0.39, 0.29) is 5.91 Å². The van der Waals surface area contributed by atoms with E-state index in [9.17, 15) is 14.7 Å². The van der Waals surface area contributed by atoms with Crippen LogP contribution < -0.4 is 5.32 Å². The lowest BCUT2D eigenvalue weighted by Crippen LogP contribution is -2.47. The number of aliphatic hydroxyl groups excluding tert-OH is 1. The molecule has 0 bridgehead atoms. The van der Waals surface area contributed by atoms with Gasteiger partial charge in [-0.3, -0.25) is 4.79 Å². The summed E-state index contributed by atoms with van der Waals surface area (Å²) in [4.78, 5) is 22.4. The van der Waals surface area contributed by atoms with Crippen LogP contribution in [0.5, 0.6) is 0 Å². The highest BCUT2D eigenvalue weighted by Crippen LogP contribution is 2.27. The monoisotopic (exact) mass is 257 g/mol. The molecule has 1 aliphatic rings. The minimum absolute atomic E-state index is 0.283. The Labute approximate surface area is 108 Å². The molecule has 104 valence electrons. The third-order valence-corrected chi connectivity index (χ3v) is 3.57. The van der Waals surface area contributed by atoms with E-state index in [1.165, 1.54) is 39.0 Å². The molecule has 18 heavy (non-hydrogen) atoms. The van der Waals surface area contributed by atoms with Crippen molar-refractivity contribution in [3.8, 4) is 0 Å². The zero-order chi connectivity index (χ0) is 13.5. The zero-order valence-corrected chi connectivity index (χ0v) is 10.9. The number of hydrogen-bond donors (Lipinski definition) is 3. The topological polar surface area (TPSA) is 86.6 Å². The van der Waals surface area contributed by atoms with Gasteiger partial charge < -0.3 is 15.5 Å². The highest BCUT2D eigenvalue weighted by atomic mass is 16.4. The average molecular weight is 257 g/mol. The molecular formula is C13H23NO4. The van der Waals surface area contributed by atoms with Crippen molar-refractivity contribution >= 4 is 11.9 Å². The largest absolute Gasteiger partial charge is 0.480 e. The number of hydrogen-bond acceptors (Lipinski definition) is 3. The average Bonchev–Trinajstić information content (AvgIpc) is 2.34. The number of aliphatic carboxylic acids is 1. The molecule has 0 heterocycles. The minimum atomic E-state index is -1.20. The van der Waals surface area contributed by atoms with Crippen LogP contribution in [0.4, 0.5) is 0 Å². The fourth-order valence-corrected chi connectivity index (χ4v) is 2.45. The van der Waals surface area contributed by atoms with Gasteiger partial charge in [0.25, 0.3) is 0 Å². The van der Waals surface area contributed by atoms with E-state index in [4.69, 9.17) is 5.11 Å². The Morgan fingerprint density at radius 2 is 1.89 bits per heavy atom. The third kappa shape index (κ3) is 5.04. The lowest BCUT2D eigenvalue weighted by atomic mass is 9.86. The second-order valence-electron chi connectivity index (χ2n) is 5.17. The molecule has 5 nitrogen and oxygen atoms in total. The summed E-state index contributed by atoms with van der Waals surface area (Å²) < 4.78 is 0. The van der Waals surface area contributed by atoms with Gasteiger partial charge in [-0.25, -0.2) is 4.79 Å².